The van der Waals surface area contributed by atoms with E-state index in [4.69, 9.17) is 10.5 Å². The molecule has 0 spiro atoms. The van der Waals surface area contributed by atoms with Gasteiger partial charge in [0.05, 0.1) is 5.56 Å². The van der Waals surface area contributed by atoms with Crippen LogP contribution in [0.1, 0.15) is 39.7 Å². The highest BCUT2D eigenvalue weighted by Crippen LogP contribution is 2.38. The smallest absolute Gasteiger partial charge is 0.419 e. The maximum absolute atomic E-state index is 13.0. The molecule has 114 valence electrons. The minimum absolute atomic E-state index is 0.163. The first-order chi connectivity index (χ1) is 9.07. The summed E-state index contributed by atoms with van der Waals surface area (Å²) in [7, 11) is 0. The average molecular weight is 289 g/mol. The minimum Gasteiger partial charge on any atom is -0.488 e. The molecule has 0 bridgehead atoms. The molecule has 5 heteroatoms. The zero-order valence-electron chi connectivity index (χ0n) is 12.3. The molecule has 0 aliphatic heterocycles. The molecule has 0 aliphatic carbocycles. The summed E-state index contributed by atoms with van der Waals surface area (Å²) >= 11 is 0. The van der Waals surface area contributed by atoms with Gasteiger partial charge in [-0.2, -0.15) is 13.2 Å². The van der Waals surface area contributed by atoms with Crippen LogP contribution in [0.3, 0.4) is 0 Å². The zero-order chi connectivity index (χ0) is 15.6. The molecular weight excluding hydrogens is 267 g/mol. The van der Waals surface area contributed by atoms with Gasteiger partial charge in [-0.05, 0) is 18.6 Å². The number of hydrogen-bond acceptors (Lipinski definition) is 2. The number of para-hydroxylation sites is 1. The predicted molar refractivity (Wildman–Crippen MR) is 73.6 cm³/mol. The number of halogens is 3. The number of rotatable bonds is 4. The number of hydrogen-bond donors (Lipinski definition) is 1. The highest BCUT2D eigenvalue weighted by molar-refractivity contribution is 5.36. The summed E-state index contributed by atoms with van der Waals surface area (Å²) in [6.45, 7) is 7.61. The highest BCUT2D eigenvalue weighted by Gasteiger charge is 2.37. The summed E-state index contributed by atoms with van der Waals surface area (Å²) in [6.07, 6.45) is -4.29. The Labute approximate surface area is 118 Å². The van der Waals surface area contributed by atoms with E-state index in [2.05, 4.69) is 0 Å². The van der Waals surface area contributed by atoms with Crippen LogP contribution in [0.5, 0.6) is 5.75 Å². The Morgan fingerprint density at radius 1 is 1.15 bits per heavy atom. The Bertz CT molecular complexity index is 437. The monoisotopic (exact) mass is 289 g/mol. The van der Waals surface area contributed by atoms with E-state index in [0.29, 0.717) is 6.42 Å². The highest BCUT2D eigenvalue weighted by atomic mass is 19.4. The third-order valence-electron chi connectivity index (χ3n) is 3.16. The first kappa shape index (κ1) is 16.8. The third kappa shape index (κ3) is 4.13. The molecule has 2 nitrogen and oxygen atoms in total. The topological polar surface area (TPSA) is 35.2 Å². The van der Waals surface area contributed by atoms with Crippen molar-refractivity contribution in [1.29, 1.82) is 0 Å². The molecule has 2 atom stereocenters. The Morgan fingerprint density at radius 3 is 2.15 bits per heavy atom. The second-order valence-electron chi connectivity index (χ2n) is 5.97. The van der Waals surface area contributed by atoms with Crippen LogP contribution in [0.4, 0.5) is 13.2 Å². The standard InChI is InChI=1S/C15H22F3NO/c1-5-11(19)13(14(2,3)4)20-12-9-7-6-8-10(12)15(16,17)18/h6-9,11,13H,5,19H2,1-4H3. The molecule has 2 unspecified atom stereocenters. The van der Waals surface area contributed by atoms with E-state index in [1.54, 1.807) is 0 Å². The predicted octanol–water partition coefficient (Wildman–Crippen LogP) is 4.24. The number of benzene rings is 1. The lowest BCUT2D eigenvalue weighted by atomic mass is 9.84. The van der Waals surface area contributed by atoms with E-state index in [-0.39, 0.29) is 17.2 Å². The molecule has 0 fully saturated rings. The van der Waals surface area contributed by atoms with Crippen LogP contribution >= 0.6 is 0 Å². The zero-order valence-corrected chi connectivity index (χ0v) is 12.3. The number of alkyl halides is 3. The summed E-state index contributed by atoms with van der Waals surface area (Å²) in [5.74, 6) is -0.163. The van der Waals surface area contributed by atoms with Gasteiger partial charge < -0.3 is 10.5 Å². The van der Waals surface area contributed by atoms with Crippen molar-refractivity contribution in [3.63, 3.8) is 0 Å². The maximum atomic E-state index is 13.0. The molecule has 2 N–H and O–H groups in total. The van der Waals surface area contributed by atoms with Gasteiger partial charge in [-0.3, -0.25) is 0 Å². The van der Waals surface area contributed by atoms with E-state index < -0.39 is 17.8 Å². The summed E-state index contributed by atoms with van der Waals surface area (Å²) in [5.41, 5.74) is 4.88. The van der Waals surface area contributed by atoms with Crippen LogP contribution in [0.25, 0.3) is 0 Å². The van der Waals surface area contributed by atoms with Gasteiger partial charge in [0.2, 0.25) is 0 Å². The Kier molecular flexibility index (Phi) is 5.08. The Balaban J connectivity index is 3.13. The molecule has 1 rings (SSSR count). The Morgan fingerprint density at radius 2 is 1.70 bits per heavy atom. The van der Waals surface area contributed by atoms with E-state index in [1.165, 1.54) is 18.2 Å². The second kappa shape index (κ2) is 6.04. The van der Waals surface area contributed by atoms with Crippen molar-refractivity contribution in [1.82, 2.24) is 0 Å². The van der Waals surface area contributed by atoms with Gasteiger partial charge in [-0.25, -0.2) is 0 Å². The van der Waals surface area contributed by atoms with Crippen molar-refractivity contribution >= 4 is 0 Å². The molecule has 0 heterocycles. The van der Waals surface area contributed by atoms with Gasteiger partial charge in [-0.15, -0.1) is 0 Å². The molecule has 0 amide bonds. The summed E-state index contributed by atoms with van der Waals surface area (Å²) in [5, 5.41) is 0. The van der Waals surface area contributed by atoms with Gasteiger partial charge in [-0.1, -0.05) is 39.8 Å². The van der Waals surface area contributed by atoms with Crippen molar-refractivity contribution in [3.8, 4) is 5.75 Å². The maximum Gasteiger partial charge on any atom is 0.419 e. The molecule has 0 saturated heterocycles. The van der Waals surface area contributed by atoms with Crippen LogP contribution in [0.15, 0.2) is 24.3 Å². The first-order valence-corrected chi connectivity index (χ1v) is 6.65. The van der Waals surface area contributed by atoms with Crippen molar-refractivity contribution in [2.75, 3.05) is 0 Å². The second-order valence-corrected chi connectivity index (χ2v) is 5.97. The quantitative estimate of drug-likeness (QED) is 0.900. The molecule has 0 saturated carbocycles. The fourth-order valence-electron chi connectivity index (χ4n) is 2.06. The number of ether oxygens (including phenoxy) is 1. The van der Waals surface area contributed by atoms with E-state index in [0.717, 1.165) is 6.07 Å². The van der Waals surface area contributed by atoms with E-state index >= 15 is 0 Å². The van der Waals surface area contributed by atoms with Gasteiger partial charge in [0.15, 0.2) is 0 Å². The molecule has 0 aliphatic rings. The lowest BCUT2D eigenvalue weighted by Crippen LogP contribution is -2.47. The fourth-order valence-corrected chi connectivity index (χ4v) is 2.06. The van der Waals surface area contributed by atoms with Crippen molar-refractivity contribution in [2.24, 2.45) is 11.1 Å². The van der Waals surface area contributed by atoms with Gasteiger partial charge in [0.25, 0.3) is 0 Å². The molecule has 0 radical (unpaired) electrons. The normalized spacial score (nSPS) is 15.8. The largest absolute Gasteiger partial charge is 0.488 e. The summed E-state index contributed by atoms with van der Waals surface area (Å²) in [6, 6.07) is 4.91. The minimum atomic E-state index is -4.44. The van der Waals surface area contributed by atoms with Crippen molar-refractivity contribution in [3.05, 3.63) is 29.8 Å². The van der Waals surface area contributed by atoms with Gasteiger partial charge in [0, 0.05) is 11.5 Å². The molecule has 0 aromatic heterocycles. The van der Waals surface area contributed by atoms with Crippen LogP contribution < -0.4 is 10.5 Å². The van der Waals surface area contributed by atoms with E-state index in [1.807, 2.05) is 27.7 Å². The molecular formula is C15H22F3NO. The average Bonchev–Trinajstić information content (AvgIpc) is 2.33. The summed E-state index contributed by atoms with van der Waals surface area (Å²) in [4.78, 5) is 0. The summed E-state index contributed by atoms with van der Waals surface area (Å²) < 4.78 is 44.5. The van der Waals surface area contributed by atoms with Crippen LogP contribution in [-0.2, 0) is 6.18 Å². The lowest BCUT2D eigenvalue weighted by molar-refractivity contribution is -0.139. The molecule has 1 aromatic carbocycles. The van der Waals surface area contributed by atoms with Crippen LogP contribution in [0.2, 0.25) is 0 Å². The Hall–Kier alpha value is -1.23. The first-order valence-electron chi connectivity index (χ1n) is 6.65. The van der Waals surface area contributed by atoms with Gasteiger partial charge in [0.1, 0.15) is 11.9 Å². The number of nitrogens with two attached hydrogens (primary N) is 1. The fraction of sp³-hybridized carbons (Fsp3) is 0.600. The van der Waals surface area contributed by atoms with E-state index in [9.17, 15) is 13.2 Å². The van der Waals surface area contributed by atoms with Gasteiger partial charge >= 0.3 is 6.18 Å². The SMILES string of the molecule is CCC(N)C(Oc1ccccc1C(F)(F)F)C(C)(C)C. The third-order valence-corrected chi connectivity index (χ3v) is 3.16. The van der Waals surface area contributed by atoms with Crippen LogP contribution in [-0.4, -0.2) is 12.1 Å². The molecule has 1 aromatic rings. The van der Waals surface area contributed by atoms with Crippen molar-refractivity contribution in [2.45, 2.75) is 52.4 Å². The van der Waals surface area contributed by atoms with Crippen LogP contribution in [0, 0.1) is 5.41 Å². The molecule has 20 heavy (non-hydrogen) atoms. The lowest BCUT2D eigenvalue weighted by Gasteiger charge is -2.35. The van der Waals surface area contributed by atoms with Crippen molar-refractivity contribution < 1.29 is 17.9 Å².